The van der Waals surface area contributed by atoms with Crippen LogP contribution in [0.2, 0.25) is 5.02 Å². The first-order chi connectivity index (χ1) is 7.75. The summed E-state index contributed by atoms with van der Waals surface area (Å²) in [5.41, 5.74) is 0.640. The molecule has 0 bridgehead atoms. The summed E-state index contributed by atoms with van der Waals surface area (Å²) in [6, 6.07) is 10.9. The van der Waals surface area contributed by atoms with Crippen molar-refractivity contribution in [1.29, 1.82) is 0 Å². The van der Waals surface area contributed by atoms with Crippen molar-refractivity contribution in [2.45, 2.75) is 6.54 Å². The Bertz CT molecular complexity index is 480. The maximum atomic E-state index is 11.6. The average molecular weight is 235 g/mol. The minimum Gasteiger partial charge on any atom is -0.345 e. The Morgan fingerprint density at radius 2 is 1.88 bits per heavy atom. The van der Waals surface area contributed by atoms with Crippen LogP contribution in [0.1, 0.15) is 0 Å². The molecule has 82 valence electrons. The molecule has 0 aliphatic heterocycles. The molecule has 0 unspecified atom stereocenters. The van der Waals surface area contributed by atoms with Gasteiger partial charge in [0.15, 0.2) is 0 Å². The lowest BCUT2D eigenvalue weighted by Gasteiger charge is -2.07. The lowest BCUT2D eigenvalue weighted by atomic mass is 10.3. The molecule has 0 saturated carbocycles. The Kier molecular flexibility index (Phi) is 3.27. The predicted molar refractivity (Wildman–Crippen MR) is 64.5 cm³/mol. The number of nitrogens with one attached hydrogen (secondary N) is 1. The van der Waals surface area contributed by atoms with E-state index in [1.165, 1.54) is 0 Å². The SMILES string of the molecule is O=C(Cn1cccc1)Nc1ccccc1Cl. The number of amides is 1. The second-order valence-corrected chi connectivity index (χ2v) is 3.79. The number of carbonyl (C=O) groups is 1. The number of halogens is 1. The quantitative estimate of drug-likeness (QED) is 0.871. The fourth-order valence-electron chi connectivity index (χ4n) is 1.39. The first-order valence-corrected chi connectivity index (χ1v) is 5.28. The van der Waals surface area contributed by atoms with Gasteiger partial charge >= 0.3 is 0 Å². The maximum Gasteiger partial charge on any atom is 0.244 e. The molecule has 0 saturated heterocycles. The second-order valence-electron chi connectivity index (χ2n) is 3.38. The molecule has 16 heavy (non-hydrogen) atoms. The van der Waals surface area contributed by atoms with Crippen molar-refractivity contribution >= 4 is 23.2 Å². The molecule has 2 rings (SSSR count). The molecule has 0 radical (unpaired) electrons. The summed E-state index contributed by atoms with van der Waals surface area (Å²) < 4.78 is 1.80. The van der Waals surface area contributed by atoms with E-state index >= 15 is 0 Å². The van der Waals surface area contributed by atoms with Crippen LogP contribution in [0.5, 0.6) is 0 Å². The zero-order chi connectivity index (χ0) is 11.4. The molecule has 1 aromatic carbocycles. The smallest absolute Gasteiger partial charge is 0.244 e. The normalized spacial score (nSPS) is 10.1. The summed E-state index contributed by atoms with van der Waals surface area (Å²) in [6.07, 6.45) is 3.68. The topological polar surface area (TPSA) is 34.0 Å². The Labute approximate surface area is 98.7 Å². The summed E-state index contributed by atoms with van der Waals surface area (Å²) in [5.74, 6) is -0.0932. The van der Waals surface area contributed by atoms with Crippen molar-refractivity contribution in [3.63, 3.8) is 0 Å². The average Bonchev–Trinajstić information content (AvgIpc) is 2.74. The van der Waals surface area contributed by atoms with Crippen LogP contribution in [-0.4, -0.2) is 10.5 Å². The number of anilines is 1. The molecule has 1 heterocycles. The molecule has 1 amide bonds. The Balaban J connectivity index is 2.00. The molecule has 0 aliphatic rings. The minimum absolute atomic E-state index is 0.0932. The van der Waals surface area contributed by atoms with Gasteiger partial charge in [-0.1, -0.05) is 23.7 Å². The third-order valence-corrected chi connectivity index (χ3v) is 2.47. The van der Waals surface area contributed by atoms with E-state index in [9.17, 15) is 4.79 Å². The van der Waals surface area contributed by atoms with E-state index in [-0.39, 0.29) is 12.5 Å². The third-order valence-electron chi connectivity index (χ3n) is 2.14. The highest BCUT2D eigenvalue weighted by atomic mass is 35.5. The van der Waals surface area contributed by atoms with Crippen LogP contribution in [0.3, 0.4) is 0 Å². The molecular formula is C12H11ClN2O. The van der Waals surface area contributed by atoms with Crippen LogP contribution >= 0.6 is 11.6 Å². The molecular weight excluding hydrogens is 224 g/mol. The Morgan fingerprint density at radius 1 is 1.19 bits per heavy atom. The number of nitrogens with zero attached hydrogens (tertiary/aromatic N) is 1. The molecule has 0 spiro atoms. The van der Waals surface area contributed by atoms with E-state index in [4.69, 9.17) is 11.6 Å². The van der Waals surface area contributed by atoms with E-state index in [1.807, 2.05) is 36.7 Å². The summed E-state index contributed by atoms with van der Waals surface area (Å²) in [6.45, 7) is 0.290. The molecule has 0 aliphatic carbocycles. The van der Waals surface area contributed by atoms with Crippen molar-refractivity contribution in [2.75, 3.05) is 5.32 Å². The highest BCUT2D eigenvalue weighted by molar-refractivity contribution is 6.33. The van der Waals surface area contributed by atoms with Crippen LogP contribution in [-0.2, 0) is 11.3 Å². The van der Waals surface area contributed by atoms with Gasteiger partial charge in [0.05, 0.1) is 10.7 Å². The van der Waals surface area contributed by atoms with Gasteiger partial charge in [0.2, 0.25) is 5.91 Å². The minimum atomic E-state index is -0.0932. The van der Waals surface area contributed by atoms with Crippen LogP contribution in [0.4, 0.5) is 5.69 Å². The number of aromatic nitrogens is 1. The standard InChI is InChI=1S/C12H11ClN2O/c13-10-5-1-2-6-11(10)14-12(16)9-15-7-3-4-8-15/h1-8H,9H2,(H,14,16). The number of carbonyl (C=O) groups excluding carboxylic acids is 1. The van der Waals surface area contributed by atoms with E-state index < -0.39 is 0 Å². The molecule has 0 fully saturated rings. The van der Waals surface area contributed by atoms with Crippen molar-refractivity contribution in [2.24, 2.45) is 0 Å². The molecule has 1 N–H and O–H groups in total. The number of para-hydroxylation sites is 1. The summed E-state index contributed by atoms with van der Waals surface area (Å²) in [5, 5.41) is 3.30. The zero-order valence-corrected chi connectivity index (χ0v) is 9.32. The van der Waals surface area contributed by atoms with Crippen LogP contribution in [0.15, 0.2) is 48.8 Å². The van der Waals surface area contributed by atoms with Gasteiger partial charge in [-0.05, 0) is 24.3 Å². The van der Waals surface area contributed by atoms with Gasteiger partial charge in [-0.2, -0.15) is 0 Å². The highest BCUT2D eigenvalue weighted by Gasteiger charge is 2.04. The van der Waals surface area contributed by atoms with Gasteiger partial charge in [0, 0.05) is 12.4 Å². The number of rotatable bonds is 3. The predicted octanol–water partition coefficient (Wildman–Crippen LogP) is 2.78. The molecule has 1 aromatic heterocycles. The molecule has 0 atom stereocenters. The first kappa shape index (κ1) is 10.8. The van der Waals surface area contributed by atoms with Crippen LogP contribution < -0.4 is 5.32 Å². The molecule has 3 nitrogen and oxygen atoms in total. The van der Waals surface area contributed by atoms with Crippen LogP contribution in [0.25, 0.3) is 0 Å². The first-order valence-electron chi connectivity index (χ1n) is 4.91. The van der Waals surface area contributed by atoms with Gasteiger partial charge in [-0.3, -0.25) is 4.79 Å². The fourth-order valence-corrected chi connectivity index (χ4v) is 1.58. The lowest BCUT2D eigenvalue weighted by Crippen LogP contribution is -2.17. The largest absolute Gasteiger partial charge is 0.345 e. The van der Waals surface area contributed by atoms with Crippen LogP contribution in [0, 0.1) is 0 Å². The molecule has 2 aromatic rings. The zero-order valence-electron chi connectivity index (χ0n) is 8.56. The number of hydrogen-bond donors (Lipinski definition) is 1. The van der Waals surface area contributed by atoms with E-state index in [0.717, 1.165) is 0 Å². The summed E-state index contributed by atoms with van der Waals surface area (Å²) in [4.78, 5) is 11.6. The van der Waals surface area contributed by atoms with Gasteiger partial charge in [0.25, 0.3) is 0 Å². The van der Waals surface area contributed by atoms with E-state index in [1.54, 1.807) is 16.7 Å². The number of benzene rings is 1. The van der Waals surface area contributed by atoms with E-state index in [0.29, 0.717) is 10.7 Å². The van der Waals surface area contributed by atoms with Gasteiger partial charge in [-0.25, -0.2) is 0 Å². The fraction of sp³-hybridized carbons (Fsp3) is 0.0833. The number of hydrogen-bond acceptors (Lipinski definition) is 1. The van der Waals surface area contributed by atoms with Crippen molar-refractivity contribution in [1.82, 2.24) is 4.57 Å². The van der Waals surface area contributed by atoms with Gasteiger partial charge < -0.3 is 9.88 Å². The maximum absolute atomic E-state index is 11.6. The van der Waals surface area contributed by atoms with Crippen molar-refractivity contribution in [3.8, 4) is 0 Å². The van der Waals surface area contributed by atoms with Gasteiger partial charge in [0.1, 0.15) is 6.54 Å². The second kappa shape index (κ2) is 4.86. The van der Waals surface area contributed by atoms with Crippen molar-refractivity contribution < 1.29 is 4.79 Å². The van der Waals surface area contributed by atoms with Crippen molar-refractivity contribution in [3.05, 3.63) is 53.8 Å². The lowest BCUT2D eigenvalue weighted by molar-refractivity contribution is -0.116. The Hall–Kier alpha value is -1.74. The third kappa shape index (κ3) is 2.64. The van der Waals surface area contributed by atoms with E-state index in [2.05, 4.69) is 5.32 Å². The Morgan fingerprint density at radius 3 is 2.56 bits per heavy atom. The summed E-state index contributed by atoms with van der Waals surface area (Å²) in [7, 11) is 0. The van der Waals surface area contributed by atoms with Gasteiger partial charge in [-0.15, -0.1) is 0 Å². The summed E-state index contributed by atoms with van der Waals surface area (Å²) >= 11 is 5.93. The molecule has 4 heteroatoms. The monoisotopic (exact) mass is 234 g/mol. The highest BCUT2D eigenvalue weighted by Crippen LogP contribution is 2.20.